The van der Waals surface area contributed by atoms with E-state index < -0.39 is 5.92 Å². The van der Waals surface area contributed by atoms with E-state index in [0.717, 1.165) is 5.56 Å². The van der Waals surface area contributed by atoms with E-state index >= 15 is 0 Å². The van der Waals surface area contributed by atoms with E-state index in [1.54, 1.807) is 6.08 Å². The maximum atomic E-state index is 9.99. The molecule has 0 spiro atoms. The summed E-state index contributed by atoms with van der Waals surface area (Å²) in [7, 11) is 0. The van der Waals surface area contributed by atoms with Gasteiger partial charge in [-0.25, -0.2) is 0 Å². The third-order valence-electron chi connectivity index (χ3n) is 2.69. The van der Waals surface area contributed by atoms with Crippen molar-refractivity contribution in [2.75, 3.05) is 0 Å². The van der Waals surface area contributed by atoms with Crippen molar-refractivity contribution in [1.82, 2.24) is 0 Å². The number of nitriles is 1. The fourth-order valence-electron chi connectivity index (χ4n) is 1.73. The van der Waals surface area contributed by atoms with Crippen molar-refractivity contribution in [1.29, 1.82) is 5.26 Å². The van der Waals surface area contributed by atoms with Crippen LogP contribution in [0.4, 0.5) is 0 Å². The van der Waals surface area contributed by atoms with Crippen LogP contribution in [0.2, 0.25) is 0 Å². The smallest absolute Gasteiger partial charge is 0.120 e. The molecular weight excluding hydrogens is 222 g/mol. The Kier molecular flexibility index (Phi) is 3.78. The normalized spacial score (nSPS) is 12.7. The highest BCUT2D eigenvalue weighted by Crippen LogP contribution is 2.21. The molecule has 88 valence electrons. The van der Waals surface area contributed by atoms with Crippen LogP contribution in [0.5, 0.6) is 0 Å². The number of nitrogens with zero attached hydrogens (tertiary/aromatic N) is 1. The second kappa shape index (κ2) is 5.70. The van der Waals surface area contributed by atoms with Crippen LogP contribution in [-0.2, 0) is 0 Å². The SMILES string of the molecule is N#CC(/C=C(\O)c1ccccc1)c1ccccc1. The molecule has 1 unspecified atom stereocenters. The summed E-state index contributed by atoms with van der Waals surface area (Å²) >= 11 is 0. The number of aliphatic hydroxyl groups excluding tert-OH is 1. The Labute approximate surface area is 106 Å². The number of rotatable bonds is 3. The zero-order valence-electron chi connectivity index (χ0n) is 9.82. The van der Waals surface area contributed by atoms with Gasteiger partial charge in [0.1, 0.15) is 5.76 Å². The Hall–Kier alpha value is -2.53. The molecule has 2 aromatic rings. The first-order valence-corrected chi connectivity index (χ1v) is 5.72. The lowest BCUT2D eigenvalue weighted by Gasteiger charge is -2.06. The van der Waals surface area contributed by atoms with E-state index in [4.69, 9.17) is 5.26 Å². The minimum Gasteiger partial charge on any atom is -0.508 e. The number of hydrogen-bond donors (Lipinski definition) is 1. The highest BCUT2D eigenvalue weighted by atomic mass is 16.3. The molecule has 0 saturated heterocycles. The summed E-state index contributed by atoms with van der Waals surface area (Å²) in [5.74, 6) is -0.308. The van der Waals surface area contributed by atoms with Crippen LogP contribution in [0, 0.1) is 11.3 Å². The second-order valence-electron chi connectivity index (χ2n) is 3.94. The largest absolute Gasteiger partial charge is 0.508 e. The van der Waals surface area contributed by atoms with Crippen LogP contribution < -0.4 is 0 Å². The van der Waals surface area contributed by atoms with Gasteiger partial charge in [-0.05, 0) is 11.6 Å². The molecule has 2 aromatic carbocycles. The molecular formula is C16H13NO. The lowest BCUT2D eigenvalue weighted by atomic mass is 9.98. The summed E-state index contributed by atoms with van der Waals surface area (Å²) in [5, 5.41) is 19.2. The molecule has 0 bridgehead atoms. The highest BCUT2D eigenvalue weighted by molar-refractivity contribution is 5.60. The van der Waals surface area contributed by atoms with E-state index in [9.17, 15) is 5.11 Å². The van der Waals surface area contributed by atoms with Crippen molar-refractivity contribution >= 4 is 5.76 Å². The van der Waals surface area contributed by atoms with Crippen molar-refractivity contribution in [2.45, 2.75) is 5.92 Å². The molecule has 1 N–H and O–H groups in total. The predicted octanol–water partition coefficient (Wildman–Crippen LogP) is 3.89. The Morgan fingerprint density at radius 2 is 1.56 bits per heavy atom. The first-order chi connectivity index (χ1) is 8.81. The van der Waals surface area contributed by atoms with Crippen LogP contribution in [0.25, 0.3) is 5.76 Å². The quantitative estimate of drug-likeness (QED) is 0.820. The molecule has 18 heavy (non-hydrogen) atoms. The van der Waals surface area contributed by atoms with Gasteiger partial charge in [0.2, 0.25) is 0 Å². The van der Waals surface area contributed by atoms with Crippen LogP contribution in [0.1, 0.15) is 17.0 Å². The fourth-order valence-corrected chi connectivity index (χ4v) is 1.73. The summed E-state index contributed by atoms with van der Waals surface area (Å²) in [4.78, 5) is 0. The van der Waals surface area contributed by atoms with Gasteiger partial charge < -0.3 is 5.11 Å². The maximum absolute atomic E-state index is 9.99. The standard InChI is InChI=1S/C16H13NO/c17-12-15(13-7-3-1-4-8-13)11-16(18)14-9-5-2-6-10-14/h1-11,15,18H/b16-11-. The van der Waals surface area contributed by atoms with E-state index in [0.29, 0.717) is 5.56 Å². The van der Waals surface area contributed by atoms with Gasteiger partial charge in [-0.1, -0.05) is 60.7 Å². The van der Waals surface area contributed by atoms with Gasteiger partial charge in [-0.2, -0.15) is 5.26 Å². The first-order valence-electron chi connectivity index (χ1n) is 5.72. The van der Waals surface area contributed by atoms with Gasteiger partial charge in [0.05, 0.1) is 12.0 Å². The Bertz CT molecular complexity index is 567. The summed E-state index contributed by atoms with van der Waals surface area (Å²) in [6.07, 6.45) is 1.57. The molecule has 2 rings (SSSR count). The lowest BCUT2D eigenvalue weighted by molar-refractivity contribution is 0.509. The Morgan fingerprint density at radius 3 is 2.11 bits per heavy atom. The number of hydrogen-bond acceptors (Lipinski definition) is 2. The summed E-state index contributed by atoms with van der Waals surface area (Å²) < 4.78 is 0. The molecule has 0 aliphatic heterocycles. The average molecular weight is 235 g/mol. The monoisotopic (exact) mass is 235 g/mol. The molecule has 0 radical (unpaired) electrons. The zero-order chi connectivity index (χ0) is 12.8. The molecule has 0 heterocycles. The maximum Gasteiger partial charge on any atom is 0.120 e. The molecule has 0 amide bonds. The topological polar surface area (TPSA) is 44.0 Å². The summed E-state index contributed by atoms with van der Waals surface area (Å²) in [6.45, 7) is 0. The fraction of sp³-hybridized carbons (Fsp3) is 0.0625. The minimum absolute atomic E-state index is 0.131. The third-order valence-corrected chi connectivity index (χ3v) is 2.69. The second-order valence-corrected chi connectivity index (χ2v) is 3.94. The molecule has 0 aromatic heterocycles. The predicted molar refractivity (Wildman–Crippen MR) is 71.8 cm³/mol. The molecule has 0 aliphatic rings. The van der Waals surface area contributed by atoms with Crippen molar-refractivity contribution in [2.24, 2.45) is 0 Å². The van der Waals surface area contributed by atoms with E-state index in [2.05, 4.69) is 6.07 Å². The summed E-state index contributed by atoms with van der Waals surface area (Å²) in [6, 6.07) is 20.8. The minimum atomic E-state index is -0.439. The van der Waals surface area contributed by atoms with Gasteiger partial charge in [0.25, 0.3) is 0 Å². The van der Waals surface area contributed by atoms with Crippen LogP contribution in [0.15, 0.2) is 66.7 Å². The van der Waals surface area contributed by atoms with Gasteiger partial charge in [0.15, 0.2) is 0 Å². The molecule has 0 aliphatic carbocycles. The molecule has 0 fully saturated rings. The molecule has 1 atom stereocenters. The van der Waals surface area contributed by atoms with E-state index in [1.807, 2.05) is 60.7 Å². The first kappa shape index (κ1) is 11.9. The van der Waals surface area contributed by atoms with Crippen molar-refractivity contribution < 1.29 is 5.11 Å². The van der Waals surface area contributed by atoms with Crippen molar-refractivity contribution in [3.8, 4) is 6.07 Å². The van der Waals surface area contributed by atoms with Gasteiger partial charge in [-0.15, -0.1) is 0 Å². The Balaban J connectivity index is 2.29. The summed E-state index contributed by atoms with van der Waals surface area (Å²) in [5.41, 5.74) is 1.59. The highest BCUT2D eigenvalue weighted by Gasteiger charge is 2.09. The Morgan fingerprint density at radius 1 is 1.00 bits per heavy atom. The van der Waals surface area contributed by atoms with Gasteiger partial charge in [0, 0.05) is 5.56 Å². The number of allylic oxidation sites excluding steroid dienone is 1. The van der Waals surface area contributed by atoms with Crippen molar-refractivity contribution in [3.63, 3.8) is 0 Å². The van der Waals surface area contributed by atoms with Crippen LogP contribution >= 0.6 is 0 Å². The zero-order valence-corrected chi connectivity index (χ0v) is 9.82. The van der Waals surface area contributed by atoms with E-state index in [1.165, 1.54) is 0 Å². The number of aliphatic hydroxyl groups is 1. The van der Waals surface area contributed by atoms with E-state index in [-0.39, 0.29) is 5.76 Å². The molecule has 2 nitrogen and oxygen atoms in total. The molecule has 0 saturated carbocycles. The average Bonchev–Trinajstić information content (AvgIpc) is 2.46. The van der Waals surface area contributed by atoms with Crippen LogP contribution in [0.3, 0.4) is 0 Å². The third kappa shape index (κ3) is 2.78. The number of benzene rings is 2. The van der Waals surface area contributed by atoms with Gasteiger partial charge in [-0.3, -0.25) is 0 Å². The van der Waals surface area contributed by atoms with Crippen LogP contribution in [-0.4, -0.2) is 5.11 Å². The van der Waals surface area contributed by atoms with Gasteiger partial charge >= 0.3 is 0 Å². The lowest BCUT2D eigenvalue weighted by Crippen LogP contribution is -1.93. The van der Waals surface area contributed by atoms with Crippen molar-refractivity contribution in [3.05, 3.63) is 77.9 Å². The molecule has 2 heteroatoms.